The Morgan fingerprint density at radius 2 is 2.10 bits per heavy atom. The van der Waals surface area contributed by atoms with Gasteiger partial charge in [-0.1, -0.05) is 6.92 Å². The number of hydrogen-bond donors (Lipinski definition) is 2. The number of sulfonamides is 1. The summed E-state index contributed by atoms with van der Waals surface area (Å²) in [5, 5.41) is 3.25. The van der Waals surface area contributed by atoms with Gasteiger partial charge in [-0.15, -0.1) is 11.3 Å². The fourth-order valence-electron chi connectivity index (χ4n) is 1.66. The number of methoxy groups -OCH3 is 2. The molecule has 0 aliphatic heterocycles. The molecule has 8 heteroatoms. The summed E-state index contributed by atoms with van der Waals surface area (Å²) in [5.74, 6) is 0. The number of nitrogens with one attached hydrogen (secondary N) is 2. The van der Waals surface area contributed by atoms with Gasteiger partial charge in [0.1, 0.15) is 4.21 Å². The molecule has 0 spiro atoms. The standard InChI is InChI=1S/C13H24N2O4S2/c1-4-7-14-9-12-5-6-13(20-12)21(16,17)15-8-11(19-3)10-18-2/h5-6,11,14-15H,4,7-10H2,1-3H3. The molecular formula is C13H24N2O4S2. The van der Waals surface area contributed by atoms with E-state index in [-0.39, 0.29) is 12.6 Å². The molecule has 6 nitrogen and oxygen atoms in total. The minimum absolute atomic E-state index is 0.188. The molecule has 0 bridgehead atoms. The van der Waals surface area contributed by atoms with E-state index in [1.807, 2.05) is 6.07 Å². The van der Waals surface area contributed by atoms with E-state index in [2.05, 4.69) is 17.0 Å². The fraction of sp³-hybridized carbons (Fsp3) is 0.692. The molecule has 0 aliphatic carbocycles. The Morgan fingerprint density at radius 1 is 1.33 bits per heavy atom. The third kappa shape index (κ3) is 6.41. The Kier molecular flexibility index (Phi) is 8.38. The highest BCUT2D eigenvalue weighted by atomic mass is 32.2. The predicted molar refractivity (Wildman–Crippen MR) is 84.2 cm³/mol. The first-order valence-corrected chi connectivity index (χ1v) is 9.14. The lowest BCUT2D eigenvalue weighted by atomic mass is 10.4. The average Bonchev–Trinajstić information content (AvgIpc) is 2.93. The predicted octanol–water partition coefficient (Wildman–Crippen LogP) is 1.19. The van der Waals surface area contributed by atoms with Crippen molar-refractivity contribution in [3.63, 3.8) is 0 Å². The van der Waals surface area contributed by atoms with Crippen molar-refractivity contribution in [3.8, 4) is 0 Å². The van der Waals surface area contributed by atoms with Gasteiger partial charge >= 0.3 is 0 Å². The minimum atomic E-state index is -3.49. The van der Waals surface area contributed by atoms with Crippen LogP contribution in [0.1, 0.15) is 18.2 Å². The molecule has 1 aromatic rings. The van der Waals surface area contributed by atoms with Gasteiger partial charge in [-0.25, -0.2) is 13.1 Å². The van der Waals surface area contributed by atoms with Crippen molar-refractivity contribution in [2.45, 2.75) is 30.2 Å². The second-order valence-electron chi connectivity index (χ2n) is 4.56. The summed E-state index contributed by atoms with van der Waals surface area (Å²) < 4.78 is 37.3. The molecule has 0 aliphatic rings. The van der Waals surface area contributed by atoms with Gasteiger partial charge in [-0.3, -0.25) is 0 Å². The van der Waals surface area contributed by atoms with Crippen LogP contribution in [0.3, 0.4) is 0 Å². The fourth-order valence-corrected chi connectivity index (χ4v) is 4.09. The van der Waals surface area contributed by atoms with E-state index in [0.717, 1.165) is 17.8 Å². The Labute approximate surface area is 130 Å². The first-order valence-electron chi connectivity index (χ1n) is 6.84. The Morgan fingerprint density at radius 3 is 2.71 bits per heavy atom. The number of rotatable bonds is 11. The van der Waals surface area contributed by atoms with Crippen LogP contribution in [0.2, 0.25) is 0 Å². The topological polar surface area (TPSA) is 76.7 Å². The van der Waals surface area contributed by atoms with Crippen LogP contribution in [0.4, 0.5) is 0 Å². The van der Waals surface area contributed by atoms with Gasteiger partial charge in [0.05, 0.1) is 12.7 Å². The van der Waals surface area contributed by atoms with Crippen LogP contribution >= 0.6 is 11.3 Å². The van der Waals surface area contributed by atoms with Crippen LogP contribution in [0.25, 0.3) is 0 Å². The van der Waals surface area contributed by atoms with E-state index in [1.54, 1.807) is 13.2 Å². The van der Waals surface area contributed by atoms with Crippen LogP contribution in [-0.4, -0.2) is 48.4 Å². The smallest absolute Gasteiger partial charge is 0.250 e. The monoisotopic (exact) mass is 336 g/mol. The van der Waals surface area contributed by atoms with Gasteiger partial charge in [-0.2, -0.15) is 0 Å². The van der Waals surface area contributed by atoms with E-state index >= 15 is 0 Å². The molecule has 1 unspecified atom stereocenters. The van der Waals surface area contributed by atoms with Crippen molar-refractivity contribution in [1.29, 1.82) is 0 Å². The van der Waals surface area contributed by atoms with Crippen molar-refractivity contribution in [2.24, 2.45) is 0 Å². The average molecular weight is 336 g/mol. The first kappa shape index (κ1) is 18.5. The summed E-state index contributed by atoms with van der Waals surface area (Å²) in [7, 11) is -0.409. The second-order valence-corrected chi connectivity index (χ2v) is 7.72. The van der Waals surface area contributed by atoms with Gasteiger partial charge in [0.15, 0.2) is 0 Å². The summed E-state index contributed by atoms with van der Waals surface area (Å²) in [6.45, 7) is 4.24. The lowest BCUT2D eigenvalue weighted by Crippen LogP contribution is -2.35. The van der Waals surface area contributed by atoms with Crippen molar-refractivity contribution in [3.05, 3.63) is 17.0 Å². The SMILES string of the molecule is CCCNCc1ccc(S(=O)(=O)NCC(COC)OC)s1. The molecule has 0 amide bonds. The third-order valence-corrected chi connectivity index (χ3v) is 5.82. The van der Waals surface area contributed by atoms with E-state index in [4.69, 9.17) is 9.47 Å². The minimum Gasteiger partial charge on any atom is -0.382 e. The molecule has 122 valence electrons. The normalized spacial score (nSPS) is 13.5. The Balaban J connectivity index is 2.57. The van der Waals surface area contributed by atoms with E-state index < -0.39 is 10.0 Å². The zero-order chi connectivity index (χ0) is 15.7. The molecular weight excluding hydrogens is 312 g/mol. The molecule has 1 rings (SSSR count). The van der Waals surface area contributed by atoms with Crippen LogP contribution < -0.4 is 10.0 Å². The second kappa shape index (κ2) is 9.50. The van der Waals surface area contributed by atoms with Crippen molar-refractivity contribution in [2.75, 3.05) is 33.9 Å². The highest BCUT2D eigenvalue weighted by Gasteiger charge is 2.18. The highest BCUT2D eigenvalue weighted by molar-refractivity contribution is 7.91. The molecule has 0 saturated carbocycles. The number of ether oxygens (including phenoxy) is 2. The summed E-state index contributed by atoms with van der Waals surface area (Å²) in [4.78, 5) is 1.00. The van der Waals surface area contributed by atoms with Gasteiger partial charge in [-0.05, 0) is 25.1 Å². The maximum Gasteiger partial charge on any atom is 0.250 e. The molecule has 1 aromatic heterocycles. The number of hydrogen-bond acceptors (Lipinski definition) is 6. The molecule has 2 N–H and O–H groups in total. The summed E-state index contributed by atoms with van der Waals surface area (Å²) in [5.41, 5.74) is 0. The van der Waals surface area contributed by atoms with Crippen LogP contribution in [0, 0.1) is 0 Å². The van der Waals surface area contributed by atoms with Crippen molar-refractivity contribution in [1.82, 2.24) is 10.0 Å². The maximum atomic E-state index is 12.2. The molecule has 1 heterocycles. The van der Waals surface area contributed by atoms with Gasteiger partial charge in [0.2, 0.25) is 10.0 Å². The van der Waals surface area contributed by atoms with Crippen LogP contribution in [-0.2, 0) is 26.0 Å². The van der Waals surface area contributed by atoms with Gasteiger partial charge < -0.3 is 14.8 Å². The lowest BCUT2D eigenvalue weighted by molar-refractivity contribution is 0.0320. The molecule has 0 aromatic carbocycles. The lowest BCUT2D eigenvalue weighted by Gasteiger charge is -2.14. The van der Waals surface area contributed by atoms with Crippen LogP contribution in [0.15, 0.2) is 16.3 Å². The summed E-state index contributed by atoms with van der Waals surface area (Å²) in [6.07, 6.45) is 0.756. The maximum absolute atomic E-state index is 12.2. The van der Waals surface area contributed by atoms with E-state index in [9.17, 15) is 8.42 Å². The Bertz CT molecular complexity index is 502. The molecule has 0 saturated heterocycles. The Hall–Kier alpha value is -0.510. The quantitative estimate of drug-likeness (QED) is 0.594. The third-order valence-electron chi connectivity index (χ3n) is 2.81. The summed E-state index contributed by atoms with van der Waals surface area (Å²) in [6, 6.07) is 3.47. The highest BCUT2D eigenvalue weighted by Crippen LogP contribution is 2.21. The van der Waals surface area contributed by atoms with Crippen molar-refractivity contribution < 1.29 is 17.9 Å². The molecule has 0 radical (unpaired) electrons. The largest absolute Gasteiger partial charge is 0.382 e. The molecule has 21 heavy (non-hydrogen) atoms. The van der Waals surface area contributed by atoms with Crippen molar-refractivity contribution >= 4 is 21.4 Å². The van der Waals surface area contributed by atoms with Gasteiger partial charge in [0, 0.05) is 32.2 Å². The number of thiophene rings is 1. The van der Waals surface area contributed by atoms with Gasteiger partial charge in [0.25, 0.3) is 0 Å². The zero-order valence-corrected chi connectivity index (χ0v) is 14.4. The van der Waals surface area contributed by atoms with E-state index in [0.29, 0.717) is 17.4 Å². The van der Waals surface area contributed by atoms with E-state index in [1.165, 1.54) is 18.4 Å². The first-order chi connectivity index (χ1) is 10.0. The molecule has 1 atom stereocenters. The van der Waals surface area contributed by atoms with Crippen LogP contribution in [0.5, 0.6) is 0 Å². The zero-order valence-electron chi connectivity index (χ0n) is 12.7. The molecule has 0 fully saturated rings. The summed E-state index contributed by atoms with van der Waals surface area (Å²) >= 11 is 1.28.